The van der Waals surface area contributed by atoms with Crippen molar-refractivity contribution in [2.75, 3.05) is 26.2 Å². The number of hydrogen-bond donors (Lipinski definition) is 0. The third-order valence-electron chi connectivity index (χ3n) is 6.79. The number of carbonyl (C=O) groups excluding carboxylic acids is 2. The Hall–Kier alpha value is -2.31. The van der Waals surface area contributed by atoms with E-state index < -0.39 is 0 Å². The largest absolute Gasteiger partial charge is 0.342 e. The molecule has 5 nitrogen and oxygen atoms in total. The highest BCUT2D eigenvalue weighted by Crippen LogP contribution is 2.29. The van der Waals surface area contributed by atoms with Crippen LogP contribution < -0.4 is 0 Å². The fourth-order valence-corrected chi connectivity index (χ4v) is 5.91. The molecule has 2 aliphatic rings. The van der Waals surface area contributed by atoms with Crippen LogP contribution in [0.5, 0.6) is 0 Å². The number of aromatic nitrogens is 1. The first-order valence-electron chi connectivity index (χ1n) is 11.5. The van der Waals surface area contributed by atoms with E-state index in [1.165, 1.54) is 6.42 Å². The smallest absolute Gasteiger partial charge is 0.270 e. The van der Waals surface area contributed by atoms with Gasteiger partial charge in [0.15, 0.2) is 0 Å². The molecule has 0 spiro atoms. The van der Waals surface area contributed by atoms with Crippen molar-refractivity contribution in [1.29, 1.82) is 0 Å². The zero-order valence-corrected chi connectivity index (χ0v) is 19.7. The lowest BCUT2D eigenvalue weighted by Gasteiger charge is -2.35. The Balaban J connectivity index is 1.30. The van der Waals surface area contributed by atoms with Crippen LogP contribution in [0.3, 0.4) is 0 Å². The van der Waals surface area contributed by atoms with Crippen LogP contribution in [-0.2, 0) is 11.3 Å². The van der Waals surface area contributed by atoms with E-state index in [1.807, 2.05) is 40.1 Å². The lowest BCUT2D eigenvalue weighted by Crippen LogP contribution is -2.46. The highest BCUT2D eigenvalue weighted by molar-refractivity contribution is 7.17. The van der Waals surface area contributed by atoms with E-state index in [0.29, 0.717) is 30.6 Å². The summed E-state index contributed by atoms with van der Waals surface area (Å²) in [5.74, 6) is 0.413. The molecule has 2 saturated heterocycles. The Labute approximate surface area is 197 Å². The van der Waals surface area contributed by atoms with Crippen molar-refractivity contribution >= 4 is 45.0 Å². The molecule has 0 saturated carbocycles. The molecule has 1 aromatic carbocycles. The van der Waals surface area contributed by atoms with Gasteiger partial charge >= 0.3 is 0 Å². The van der Waals surface area contributed by atoms with Crippen LogP contribution >= 0.6 is 22.9 Å². The molecule has 2 fully saturated rings. The maximum atomic E-state index is 13.5. The van der Waals surface area contributed by atoms with Crippen LogP contribution in [0.4, 0.5) is 0 Å². The average molecular weight is 470 g/mol. The molecule has 2 amide bonds. The standard InChI is InChI=1S/C25H28ClN3O2S/c26-20-6-4-18(5-7-20)17-29-21-10-15-32-23(21)16-22(29)25(31)28-13-8-19(9-14-28)24(30)27-11-2-1-3-12-27/h4-7,10,15-16,19H,1-3,8-9,11-14,17H2. The van der Waals surface area contributed by atoms with Gasteiger partial charge < -0.3 is 14.4 Å². The number of hydrogen-bond acceptors (Lipinski definition) is 3. The number of rotatable bonds is 4. The molecule has 32 heavy (non-hydrogen) atoms. The number of fused-ring (bicyclic) bond motifs is 1. The molecule has 3 aromatic rings. The molecule has 4 heterocycles. The van der Waals surface area contributed by atoms with Crippen LogP contribution in [0.2, 0.25) is 5.02 Å². The van der Waals surface area contributed by atoms with Crippen molar-refractivity contribution in [2.45, 2.75) is 38.6 Å². The van der Waals surface area contributed by atoms with Crippen LogP contribution in [-0.4, -0.2) is 52.4 Å². The van der Waals surface area contributed by atoms with Gasteiger partial charge in [0.2, 0.25) is 5.91 Å². The topological polar surface area (TPSA) is 45.6 Å². The Morgan fingerprint density at radius 2 is 1.66 bits per heavy atom. The summed E-state index contributed by atoms with van der Waals surface area (Å²) in [6.45, 7) is 3.70. The summed E-state index contributed by atoms with van der Waals surface area (Å²) in [4.78, 5) is 30.3. The van der Waals surface area contributed by atoms with Gasteiger partial charge in [-0.3, -0.25) is 9.59 Å². The van der Waals surface area contributed by atoms with Gasteiger partial charge in [0.1, 0.15) is 5.69 Å². The molecular formula is C25H28ClN3O2S. The fourth-order valence-electron chi connectivity index (χ4n) is 4.96. The Morgan fingerprint density at radius 1 is 0.938 bits per heavy atom. The molecule has 5 rings (SSSR count). The highest BCUT2D eigenvalue weighted by Gasteiger charge is 2.32. The molecule has 0 atom stereocenters. The minimum atomic E-state index is 0.0569. The predicted octanol–water partition coefficient (Wildman–Crippen LogP) is 5.27. The third kappa shape index (κ3) is 4.30. The van der Waals surface area contributed by atoms with Crippen LogP contribution in [0, 0.1) is 5.92 Å². The lowest BCUT2D eigenvalue weighted by atomic mass is 9.94. The third-order valence-corrected chi connectivity index (χ3v) is 7.90. The first kappa shape index (κ1) is 21.5. The Bertz CT molecular complexity index is 1110. The summed E-state index contributed by atoms with van der Waals surface area (Å²) in [5, 5.41) is 2.77. The van der Waals surface area contributed by atoms with E-state index in [4.69, 9.17) is 11.6 Å². The lowest BCUT2D eigenvalue weighted by molar-refractivity contribution is -0.137. The quantitative estimate of drug-likeness (QED) is 0.522. The normalized spacial score (nSPS) is 17.8. The number of thiophene rings is 1. The van der Waals surface area contributed by atoms with E-state index >= 15 is 0 Å². The van der Waals surface area contributed by atoms with Crippen molar-refractivity contribution < 1.29 is 9.59 Å². The van der Waals surface area contributed by atoms with Gasteiger partial charge in [-0.25, -0.2) is 0 Å². The van der Waals surface area contributed by atoms with Crippen LogP contribution in [0.25, 0.3) is 10.2 Å². The second-order valence-electron chi connectivity index (χ2n) is 8.86. The first-order chi connectivity index (χ1) is 15.6. The van der Waals surface area contributed by atoms with Crippen molar-refractivity contribution in [3.63, 3.8) is 0 Å². The number of benzene rings is 1. The van der Waals surface area contributed by atoms with E-state index in [2.05, 4.69) is 16.0 Å². The van der Waals surface area contributed by atoms with E-state index in [0.717, 1.165) is 60.2 Å². The summed E-state index contributed by atoms with van der Waals surface area (Å²) in [5.41, 5.74) is 2.92. The number of halogens is 1. The van der Waals surface area contributed by atoms with Gasteiger partial charge in [-0.15, -0.1) is 11.3 Å². The zero-order valence-electron chi connectivity index (χ0n) is 18.1. The van der Waals surface area contributed by atoms with Gasteiger partial charge in [-0.05, 0) is 67.3 Å². The molecule has 0 radical (unpaired) electrons. The summed E-state index contributed by atoms with van der Waals surface area (Å²) >= 11 is 7.70. The number of carbonyl (C=O) groups is 2. The minimum absolute atomic E-state index is 0.0569. The maximum Gasteiger partial charge on any atom is 0.270 e. The van der Waals surface area contributed by atoms with Crippen molar-refractivity contribution in [3.8, 4) is 0 Å². The number of nitrogens with zero attached hydrogens (tertiary/aromatic N) is 3. The molecule has 0 N–H and O–H groups in total. The van der Waals surface area contributed by atoms with E-state index in [1.54, 1.807) is 11.3 Å². The van der Waals surface area contributed by atoms with Gasteiger partial charge in [0.05, 0.1) is 10.2 Å². The van der Waals surface area contributed by atoms with Gasteiger partial charge in [0, 0.05) is 43.7 Å². The summed E-state index contributed by atoms with van der Waals surface area (Å²) in [6, 6.07) is 11.9. The molecule has 2 aromatic heterocycles. The monoisotopic (exact) mass is 469 g/mol. The van der Waals surface area contributed by atoms with Crippen molar-refractivity contribution in [2.24, 2.45) is 5.92 Å². The van der Waals surface area contributed by atoms with Crippen LogP contribution in [0.1, 0.15) is 48.2 Å². The molecule has 7 heteroatoms. The van der Waals surface area contributed by atoms with Gasteiger partial charge in [-0.1, -0.05) is 23.7 Å². The summed E-state index contributed by atoms with van der Waals surface area (Å²) in [7, 11) is 0. The first-order valence-corrected chi connectivity index (χ1v) is 12.7. The second-order valence-corrected chi connectivity index (χ2v) is 10.2. The molecule has 0 bridgehead atoms. The molecule has 0 unspecified atom stereocenters. The molecule has 0 aliphatic carbocycles. The van der Waals surface area contributed by atoms with E-state index in [9.17, 15) is 9.59 Å². The number of piperidine rings is 2. The zero-order chi connectivity index (χ0) is 22.1. The number of likely N-dealkylation sites (tertiary alicyclic amines) is 2. The van der Waals surface area contributed by atoms with Crippen LogP contribution in [0.15, 0.2) is 41.8 Å². The van der Waals surface area contributed by atoms with E-state index in [-0.39, 0.29) is 11.8 Å². The maximum absolute atomic E-state index is 13.5. The molecular weight excluding hydrogens is 442 g/mol. The molecule has 168 valence electrons. The van der Waals surface area contributed by atoms with Gasteiger partial charge in [-0.2, -0.15) is 0 Å². The van der Waals surface area contributed by atoms with Gasteiger partial charge in [0.25, 0.3) is 5.91 Å². The summed E-state index contributed by atoms with van der Waals surface area (Å²) in [6.07, 6.45) is 4.97. The predicted molar refractivity (Wildman–Crippen MR) is 129 cm³/mol. The summed E-state index contributed by atoms with van der Waals surface area (Å²) < 4.78 is 3.24. The minimum Gasteiger partial charge on any atom is -0.342 e. The Kier molecular flexibility index (Phi) is 6.24. The van der Waals surface area contributed by atoms with Crippen molar-refractivity contribution in [1.82, 2.24) is 14.4 Å². The average Bonchev–Trinajstić information content (AvgIpc) is 3.43. The number of amides is 2. The highest BCUT2D eigenvalue weighted by atomic mass is 35.5. The second kappa shape index (κ2) is 9.28. The fraction of sp³-hybridized carbons (Fsp3) is 0.440. The SMILES string of the molecule is O=C(c1cc2sccc2n1Cc1ccc(Cl)cc1)N1CCC(C(=O)N2CCCCC2)CC1. The Morgan fingerprint density at radius 3 is 2.38 bits per heavy atom. The van der Waals surface area contributed by atoms with Crippen molar-refractivity contribution in [3.05, 3.63) is 58.1 Å². The molecule has 2 aliphatic heterocycles.